The lowest BCUT2D eigenvalue weighted by atomic mass is 10.1. The quantitative estimate of drug-likeness (QED) is 0.766. The highest BCUT2D eigenvalue weighted by atomic mass is 35.5. The lowest BCUT2D eigenvalue weighted by molar-refractivity contribution is 0.0968. The van der Waals surface area contributed by atoms with Crippen LogP contribution in [-0.2, 0) is 6.54 Å². The van der Waals surface area contributed by atoms with Gasteiger partial charge >= 0.3 is 0 Å². The van der Waals surface area contributed by atoms with Crippen LogP contribution in [0, 0.1) is 6.92 Å². The second-order valence-electron chi connectivity index (χ2n) is 3.65. The maximum atomic E-state index is 11.8. The summed E-state index contributed by atoms with van der Waals surface area (Å²) in [4.78, 5) is 11.8. The summed E-state index contributed by atoms with van der Waals surface area (Å²) < 4.78 is 1.53. The number of halogens is 1. The van der Waals surface area contributed by atoms with Crippen molar-refractivity contribution < 1.29 is 4.79 Å². The first-order valence-corrected chi connectivity index (χ1v) is 5.31. The molecule has 3 nitrogen and oxygen atoms in total. The van der Waals surface area contributed by atoms with Gasteiger partial charge in [0.25, 0.3) is 0 Å². The molecule has 0 fully saturated rings. The summed E-state index contributed by atoms with van der Waals surface area (Å²) in [7, 11) is 0. The van der Waals surface area contributed by atoms with Crippen LogP contribution in [0.5, 0.6) is 0 Å². The molecule has 0 unspecified atom stereocenters. The summed E-state index contributed by atoms with van der Waals surface area (Å²) in [5.74, 6) is 0.0276. The molecular weight excluding hydrogens is 224 g/mol. The number of ketones is 1. The number of nitrogens with zero attached hydrogens (tertiary/aromatic N) is 2. The summed E-state index contributed by atoms with van der Waals surface area (Å²) in [6.45, 7) is 2.21. The van der Waals surface area contributed by atoms with Crippen LogP contribution in [0.4, 0.5) is 0 Å². The third kappa shape index (κ3) is 2.49. The van der Waals surface area contributed by atoms with Crippen molar-refractivity contribution in [2.45, 2.75) is 13.5 Å². The minimum Gasteiger partial charge on any atom is -0.292 e. The smallest absolute Gasteiger partial charge is 0.184 e. The maximum absolute atomic E-state index is 11.8. The third-order valence-electron chi connectivity index (χ3n) is 2.28. The molecule has 0 spiro atoms. The first kappa shape index (κ1) is 10.9. The summed E-state index contributed by atoms with van der Waals surface area (Å²) in [5, 5.41) is 4.50. The van der Waals surface area contributed by atoms with Gasteiger partial charge in [-0.1, -0.05) is 41.4 Å². The van der Waals surface area contributed by atoms with Crippen LogP contribution in [-0.4, -0.2) is 15.6 Å². The van der Waals surface area contributed by atoms with Crippen molar-refractivity contribution in [1.82, 2.24) is 9.78 Å². The van der Waals surface area contributed by atoms with E-state index in [0.29, 0.717) is 10.6 Å². The molecule has 82 valence electrons. The van der Waals surface area contributed by atoms with Crippen molar-refractivity contribution in [2.75, 3.05) is 0 Å². The monoisotopic (exact) mass is 234 g/mol. The fourth-order valence-electron chi connectivity index (χ4n) is 1.40. The fourth-order valence-corrected chi connectivity index (χ4v) is 1.56. The highest BCUT2D eigenvalue weighted by Crippen LogP contribution is 2.08. The molecule has 1 heterocycles. The van der Waals surface area contributed by atoms with Gasteiger partial charge in [-0.3, -0.25) is 9.48 Å². The number of Topliss-reactive ketones (excluding diaryl/α,β-unsaturated/α-hetero) is 1. The normalized spacial score (nSPS) is 10.4. The van der Waals surface area contributed by atoms with Gasteiger partial charge < -0.3 is 0 Å². The van der Waals surface area contributed by atoms with E-state index in [1.54, 1.807) is 6.20 Å². The van der Waals surface area contributed by atoms with Gasteiger partial charge in [0.05, 0.1) is 11.2 Å². The number of aromatic nitrogens is 2. The van der Waals surface area contributed by atoms with E-state index in [4.69, 9.17) is 11.6 Å². The van der Waals surface area contributed by atoms with E-state index in [9.17, 15) is 4.79 Å². The average molecular weight is 235 g/mol. The Labute approximate surface area is 98.7 Å². The Morgan fingerprint density at radius 3 is 2.62 bits per heavy atom. The van der Waals surface area contributed by atoms with Crippen LogP contribution < -0.4 is 0 Å². The highest BCUT2D eigenvalue weighted by Gasteiger charge is 2.07. The minimum atomic E-state index is 0.0276. The second-order valence-corrected chi connectivity index (χ2v) is 4.08. The minimum absolute atomic E-state index is 0.0276. The summed E-state index contributed by atoms with van der Waals surface area (Å²) in [6.07, 6.45) is 3.15. The molecule has 0 N–H and O–H groups in total. The SMILES string of the molecule is Cc1ccc(C(=O)Cn2cc(Cl)cn2)cc1. The first-order valence-electron chi connectivity index (χ1n) is 4.93. The summed E-state index contributed by atoms with van der Waals surface area (Å²) >= 11 is 5.72. The molecule has 0 amide bonds. The predicted octanol–water partition coefficient (Wildman–Crippen LogP) is 2.73. The summed E-state index contributed by atoms with van der Waals surface area (Å²) in [6, 6.07) is 7.48. The fraction of sp³-hybridized carbons (Fsp3) is 0.167. The van der Waals surface area contributed by atoms with Gasteiger partial charge in [-0.15, -0.1) is 0 Å². The van der Waals surface area contributed by atoms with Gasteiger partial charge in [-0.05, 0) is 6.92 Å². The van der Waals surface area contributed by atoms with Crippen LogP contribution in [0.2, 0.25) is 5.02 Å². The maximum Gasteiger partial charge on any atom is 0.184 e. The van der Waals surface area contributed by atoms with Crippen molar-refractivity contribution in [1.29, 1.82) is 0 Å². The molecule has 1 aromatic heterocycles. The lowest BCUT2D eigenvalue weighted by Crippen LogP contribution is -2.10. The van der Waals surface area contributed by atoms with Gasteiger partial charge in [-0.25, -0.2) is 0 Å². The Morgan fingerprint density at radius 2 is 2.06 bits per heavy atom. The zero-order valence-corrected chi connectivity index (χ0v) is 9.61. The van der Waals surface area contributed by atoms with E-state index in [2.05, 4.69) is 5.10 Å². The predicted molar refractivity (Wildman–Crippen MR) is 62.7 cm³/mol. The van der Waals surface area contributed by atoms with Crippen molar-refractivity contribution in [3.05, 3.63) is 52.8 Å². The van der Waals surface area contributed by atoms with E-state index < -0.39 is 0 Å². The van der Waals surface area contributed by atoms with Crippen molar-refractivity contribution in [3.63, 3.8) is 0 Å². The van der Waals surface area contributed by atoms with Crippen LogP contribution in [0.3, 0.4) is 0 Å². The molecule has 0 atom stereocenters. The Kier molecular flexibility index (Phi) is 3.06. The Hall–Kier alpha value is -1.61. The largest absolute Gasteiger partial charge is 0.292 e. The van der Waals surface area contributed by atoms with Gasteiger partial charge in [0.2, 0.25) is 0 Å². The van der Waals surface area contributed by atoms with E-state index >= 15 is 0 Å². The lowest BCUT2D eigenvalue weighted by Gasteiger charge is -2.01. The number of hydrogen-bond donors (Lipinski definition) is 0. The van der Waals surface area contributed by atoms with Gasteiger partial charge in [-0.2, -0.15) is 5.10 Å². The molecule has 0 aliphatic heterocycles. The molecule has 0 saturated heterocycles. The van der Waals surface area contributed by atoms with Crippen LogP contribution >= 0.6 is 11.6 Å². The number of rotatable bonds is 3. The van der Waals surface area contributed by atoms with Crippen molar-refractivity contribution >= 4 is 17.4 Å². The molecule has 0 saturated carbocycles. The van der Waals surface area contributed by atoms with Gasteiger partial charge in [0.15, 0.2) is 5.78 Å². The number of carbonyl (C=O) groups excluding carboxylic acids is 1. The number of hydrogen-bond acceptors (Lipinski definition) is 2. The molecular formula is C12H11ClN2O. The van der Waals surface area contributed by atoms with Crippen molar-refractivity contribution in [3.8, 4) is 0 Å². The molecule has 0 radical (unpaired) electrons. The Balaban J connectivity index is 2.11. The molecule has 2 aromatic rings. The zero-order valence-electron chi connectivity index (χ0n) is 8.85. The summed E-state index contributed by atoms with van der Waals surface area (Å²) in [5.41, 5.74) is 1.83. The first-order chi connectivity index (χ1) is 7.65. The number of carbonyl (C=O) groups is 1. The van der Waals surface area contributed by atoms with Crippen molar-refractivity contribution in [2.24, 2.45) is 0 Å². The molecule has 1 aromatic carbocycles. The molecule has 4 heteroatoms. The molecule has 0 aliphatic rings. The average Bonchev–Trinajstić information content (AvgIpc) is 2.65. The Morgan fingerprint density at radius 1 is 1.38 bits per heavy atom. The molecule has 2 rings (SSSR count). The third-order valence-corrected chi connectivity index (χ3v) is 2.48. The molecule has 16 heavy (non-hydrogen) atoms. The number of benzene rings is 1. The molecule has 0 aliphatic carbocycles. The van der Waals surface area contributed by atoms with E-state index in [1.165, 1.54) is 10.9 Å². The highest BCUT2D eigenvalue weighted by molar-refractivity contribution is 6.30. The van der Waals surface area contributed by atoms with E-state index in [0.717, 1.165) is 5.56 Å². The van der Waals surface area contributed by atoms with Gasteiger partial charge in [0, 0.05) is 11.8 Å². The van der Waals surface area contributed by atoms with E-state index in [1.807, 2.05) is 31.2 Å². The van der Waals surface area contributed by atoms with Gasteiger partial charge in [0.1, 0.15) is 6.54 Å². The second kappa shape index (κ2) is 4.49. The van der Waals surface area contributed by atoms with E-state index in [-0.39, 0.29) is 12.3 Å². The Bertz CT molecular complexity index is 502. The standard InChI is InChI=1S/C12H11ClN2O/c1-9-2-4-10(5-3-9)12(16)8-15-7-11(13)6-14-15/h2-7H,8H2,1H3. The number of aryl methyl sites for hydroxylation is 1. The molecule has 0 bridgehead atoms. The van der Waals surface area contributed by atoms with Crippen LogP contribution in [0.15, 0.2) is 36.7 Å². The zero-order chi connectivity index (χ0) is 11.5. The van der Waals surface area contributed by atoms with Crippen LogP contribution in [0.1, 0.15) is 15.9 Å². The topological polar surface area (TPSA) is 34.9 Å². The van der Waals surface area contributed by atoms with Crippen LogP contribution in [0.25, 0.3) is 0 Å².